The number of rotatable bonds is 5. The molecule has 1 aromatic rings. The SMILES string of the molecule is CCc1ccc(C(Br)CCC2CCCCC2)s1. The minimum absolute atomic E-state index is 0.592. The van der Waals surface area contributed by atoms with Crippen molar-refractivity contribution in [2.24, 2.45) is 5.92 Å². The van der Waals surface area contributed by atoms with Crippen molar-refractivity contribution in [3.63, 3.8) is 0 Å². The average Bonchev–Trinajstić information content (AvgIpc) is 2.86. The first-order valence-electron chi connectivity index (χ1n) is 7.02. The van der Waals surface area contributed by atoms with Crippen LogP contribution in [0.4, 0.5) is 0 Å². The largest absolute Gasteiger partial charge is 0.144 e. The van der Waals surface area contributed by atoms with Crippen molar-refractivity contribution in [1.29, 1.82) is 0 Å². The maximum Gasteiger partial charge on any atom is 0.0489 e. The van der Waals surface area contributed by atoms with Crippen LogP contribution in [0.15, 0.2) is 12.1 Å². The third-order valence-corrected chi connectivity index (χ3v) is 6.49. The van der Waals surface area contributed by atoms with Gasteiger partial charge in [0.1, 0.15) is 0 Å². The number of aryl methyl sites for hydroxylation is 1. The van der Waals surface area contributed by atoms with E-state index >= 15 is 0 Å². The molecule has 2 heteroatoms. The Morgan fingerprint density at radius 2 is 2.06 bits per heavy atom. The molecule has 1 heterocycles. The molecule has 0 aromatic carbocycles. The van der Waals surface area contributed by atoms with E-state index in [4.69, 9.17) is 0 Å². The van der Waals surface area contributed by atoms with Crippen molar-refractivity contribution in [2.75, 3.05) is 0 Å². The lowest BCUT2D eigenvalue weighted by Gasteiger charge is -2.22. The zero-order valence-corrected chi connectivity index (χ0v) is 13.2. The molecule has 0 amide bonds. The van der Waals surface area contributed by atoms with E-state index in [9.17, 15) is 0 Å². The number of alkyl halides is 1. The first-order chi connectivity index (χ1) is 8.29. The molecule has 2 rings (SSSR count). The Kier molecular flexibility index (Phi) is 5.55. The molecule has 0 radical (unpaired) electrons. The van der Waals surface area contributed by atoms with E-state index in [2.05, 4.69) is 35.0 Å². The second kappa shape index (κ2) is 6.94. The predicted molar refractivity (Wildman–Crippen MR) is 81.2 cm³/mol. The van der Waals surface area contributed by atoms with Gasteiger partial charge in [0.05, 0.1) is 0 Å². The van der Waals surface area contributed by atoms with Crippen LogP contribution in [0.2, 0.25) is 0 Å². The molecule has 1 saturated carbocycles. The number of thiophene rings is 1. The highest BCUT2D eigenvalue weighted by atomic mass is 79.9. The molecular formula is C15H23BrS. The zero-order valence-electron chi connectivity index (χ0n) is 10.8. The smallest absolute Gasteiger partial charge is 0.0489 e. The molecule has 96 valence electrons. The summed E-state index contributed by atoms with van der Waals surface area (Å²) >= 11 is 5.85. The Balaban J connectivity index is 1.77. The summed E-state index contributed by atoms with van der Waals surface area (Å²) in [6.07, 6.45) is 11.3. The van der Waals surface area contributed by atoms with Crippen molar-refractivity contribution in [3.8, 4) is 0 Å². The molecule has 1 fully saturated rings. The minimum atomic E-state index is 0.592. The van der Waals surface area contributed by atoms with Crippen molar-refractivity contribution < 1.29 is 0 Å². The average molecular weight is 315 g/mol. The Morgan fingerprint density at radius 1 is 1.29 bits per heavy atom. The molecule has 0 aliphatic heterocycles. The molecule has 0 spiro atoms. The Labute approximate surface area is 118 Å². The van der Waals surface area contributed by atoms with Gasteiger partial charge in [-0.2, -0.15) is 0 Å². The summed E-state index contributed by atoms with van der Waals surface area (Å²) in [6.45, 7) is 2.24. The van der Waals surface area contributed by atoms with Crippen LogP contribution in [0.3, 0.4) is 0 Å². The molecule has 1 aromatic heterocycles. The highest BCUT2D eigenvalue weighted by Gasteiger charge is 2.16. The lowest BCUT2D eigenvalue weighted by atomic mass is 9.86. The summed E-state index contributed by atoms with van der Waals surface area (Å²) in [5, 5.41) is 0. The quantitative estimate of drug-likeness (QED) is 0.575. The second-order valence-corrected chi connectivity index (χ2v) is 7.51. The van der Waals surface area contributed by atoms with E-state index in [1.54, 1.807) is 0 Å². The Morgan fingerprint density at radius 3 is 2.71 bits per heavy atom. The van der Waals surface area contributed by atoms with Crippen LogP contribution in [0.1, 0.15) is 66.5 Å². The van der Waals surface area contributed by atoms with Gasteiger partial charge in [0, 0.05) is 14.6 Å². The molecule has 0 N–H and O–H groups in total. The van der Waals surface area contributed by atoms with Crippen LogP contribution in [-0.4, -0.2) is 0 Å². The van der Waals surface area contributed by atoms with Gasteiger partial charge in [-0.25, -0.2) is 0 Å². The minimum Gasteiger partial charge on any atom is -0.144 e. The third kappa shape index (κ3) is 4.10. The van der Waals surface area contributed by atoms with E-state index in [0.29, 0.717) is 4.83 Å². The van der Waals surface area contributed by atoms with Gasteiger partial charge in [-0.3, -0.25) is 0 Å². The first-order valence-corrected chi connectivity index (χ1v) is 8.75. The van der Waals surface area contributed by atoms with Crippen molar-refractivity contribution in [3.05, 3.63) is 21.9 Å². The van der Waals surface area contributed by atoms with E-state index in [1.807, 2.05) is 11.3 Å². The molecule has 1 aliphatic rings. The van der Waals surface area contributed by atoms with Crippen LogP contribution in [0.25, 0.3) is 0 Å². The van der Waals surface area contributed by atoms with Crippen LogP contribution in [0.5, 0.6) is 0 Å². The lowest BCUT2D eigenvalue weighted by molar-refractivity contribution is 0.332. The standard InChI is InChI=1S/C15H23BrS/c1-2-13-9-11-15(17-13)14(16)10-8-12-6-4-3-5-7-12/h9,11-12,14H,2-8,10H2,1H3. The maximum atomic E-state index is 3.87. The summed E-state index contributed by atoms with van der Waals surface area (Å²) < 4.78 is 0. The summed E-state index contributed by atoms with van der Waals surface area (Å²) in [7, 11) is 0. The predicted octanol–water partition coefficient (Wildman–Crippen LogP) is 6.11. The summed E-state index contributed by atoms with van der Waals surface area (Å²) in [6, 6.07) is 4.60. The van der Waals surface area contributed by atoms with Gasteiger partial charge in [-0.05, 0) is 37.3 Å². The topological polar surface area (TPSA) is 0 Å². The molecule has 17 heavy (non-hydrogen) atoms. The van der Waals surface area contributed by atoms with Gasteiger partial charge in [0.25, 0.3) is 0 Å². The van der Waals surface area contributed by atoms with E-state index in [-0.39, 0.29) is 0 Å². The van der Waals surface area contributed by atoms with Gasteiger partial charge in [0.15, 0.2) is 0 Å². The second-order valence-electron chi connectivity index (χ2n) is 5.21. The first kappa shape index (κ1) is 13.6. The Bertz CT molecular complexity index is 325. The molecule has 0 nitrogen and oxygen atoms in total. The number of hydrogen-bond donors (Lipinski definition) is 0. The maximum absolute atomic E-state index is 3.87. The summed E-state index contributed by atoms with van der Waals surface area (Å²) in [5.41, 5.74) is 0. The van der Waals surface area contributed by atoms with E-state index in [1.165, 1.54) is 61.1 Å². The highest BCUT2D eigenvalue weighted by molar-refractivity contribution is 9.09. The highest BCUT2D eigenvalue weighted by Crippen LogP contribution is 2.36. The third-order valence-electron chi connectivity index (χ3n) is 3.89. The summed E-state index contributed by atoms with van der Waals surface area (Å²) in [5.74, 6) is 1.01. The van der Waals surface area contributed by atoms with Gasteiger partial charge < -0.3 is 0 Å². The fourth-order valence-corrected chi connectivity index (χ4v) is 4.42. The molecule has 1 unspecified atom stereocenters. The van der Waals surface area contributed by atoms with Crippen LogP contribution < -0.4 is 0 Å². The van der Waals surface area contributed by atoms with Crippen LogP contribution in [0, 0.1) is 5.92 Å². The normalized spacial score (nSPS) is 19.4. The monoisotopic (exact) mass is 314 g/mol. The molecule has 0 saturated heterocycles. The fourth-order valence-electron chi connectivity index (χ4n) is 2.75. The zero-order chi connectivity index (χ0) is 12.1. The van der Waals surface area contributed by atoms with Gasteiger partial charge in [0.2, 0.25) is 0 Å². The van der Waals surface area contributed by atoms with Gasteiger partial charge in [-0.1, -0.05) is 55.0 Å². The Hall–Kier alpha value is 0.180. The van der Waals surface area contributed by atoms with Crippen molar-refractivity contribution >= 4 is 27.3 Å². The summed E-state index contributed by atoms with van der Waals surface area (Å²) in [4.78, 5) is 3.63. The van der Waals surface area contributed by atoms with E-state index < -0.39 is 0 Å². The fraction of sp³-hybridized carbons (Fsp3) is 0.733. The molecule has 1 atom stereocenters. The van der Waals surface area contributed by atoms with Crippen molar-refractivity contribution in [1.82, 2.24) is 0 Å². The van der Waals surface area contributed by atoms with Crippen molar-refractivity contribution in [2.45, 2.75) is 63.1 Å². The molecule has 0 bridgehead atoms. The van der Waals surface area contributed by atoms with Crippen LogP contribution in [-0.2, 0) is 6.42 Å². The van der Waals surface area contributed by atoms with Gasteiger partial charge >= 0.3 is 0 Å². The van der Waals surface area contributed by atoms with Gasteiger partial charge in [-0.15, -0.1) is 11.3 Å². The number of halogens is 1. The lowest BCUT2D eigenvalue weighted by Crippen LogP contribution is -2.06. The molecular weight excluding hydrogens is 292 g/mol. The van der Waals surface area contributed by atoms with Crippen LogP contribution >= 0.6 is 27.3 Å². The molecule has 1 aliphatic carbocycles. The number of hydrogen-bond acceptors (Lipinski definition) is 1. The van der Waals surface area contributed by atoms with E-state index in [0.717, 1.165) is 5.92 Å².